The molecular weight excluding hydrogens is 245 g/mol. The number of carbonyl (C=O) groups is 1. The highest BCUT2D eigenvalue weighted by molar-refractivity contribution is 5.94. The molecule has 0 saturated heterocycles. The summed E-state index contributed by atoms with van der Waals surface area (Å²) in [5.41, 5.74) is -1.00. The molecule has 0 aliphatic rings. The molecule has 0 aliphatic heterocycles. The SMILES string of the molecule is C#CC(CC)NC(=O)c1ccc(C(F)(F)F)nc1. The van der Waals surface area contributed by atoms with Crippen molar-refractivity contribution in [3.05, 3.63) is 29.6 Å². The van der Waals surface area contributed by atoms with Gasteiger partial charge in [0, 0.05) is 6.20 Å². The van der Waals surface area contributed by atoms with E-state index in [1.807, 2.05) is 0 Å². The first-order valence-corrected chi connectivity index (χ1v) is 5.18. The van der Waals surface area contributed by atoms with Gasteiger partial charge in [0.2, 0.25) is 0 Å². The lowest BCUT2D eigenvalue weighted by Crippen LogP contribution is -2.33. The summed E-state index contributed by atoms with van der Waals surface area (Å²) in [6, 6.07) is 1.37. The lowest BCUT2D eigenvalue weighted by atomic mass is 10.2. The minimum atomic E-state index is -4.51. The minimum absolute atomic E-state index is 0.0386. The molecule has 6 heteroatoms. The van der Waals surface area contributed by atoms with Gasteiger partial charge >= 0.3 is 6.18 Å². The van der Waals surface area contributed by atoms with Gasteiger partial charge in [0.25, 0.3) is 5.91 Å². The van der Waals surface area contributed by atoms with E-state index in [9.17, 15) is 18.0 Å². The van der Waals surface area contributed by atoms with Crippen molar-refractivity contribution < 1.29 is 18.0 Å². The van der Waals surface area contributed by atoms with Gasteiger partial charge in [-0.05, 0) is 18.6 Å². The molecule has 1 aromatic heterocycles. The second kappa shape index (κ2) is 5.54. The van der Waals surface area contributed by atoms with Crippen molar-refractivity contribution in [1.82, 2.24) is 10.3 Å². The number of carbonyl (C=O) groups excluding carboxylic acids is 1. The van der Waals surface area contributed by atoms with E-state index in [0.29, 0.717) is 6.42 Å². The highest BCUT2D eigenvalue weighted by Gasteiger charge is 2.32. The Morgan fingerprint density at radius 1 is 1.56 bits per heavy atom. The normalized spacial score (nSPS) is 12.6. The van der Waals surface area contributed by atoms with Crippen LogP contribution in [-0.4, -0.2) is 16.9 Å². The predicted octanol–water partition coefficient (Wildman–Crippen LogP) is 2.24. The van der Waals surface area contributed by atoms with E-state index in [0.717, 1.165) is 18.3 Å². The Hall–Kier alpha value is -2.03. The molecule has 0 aromatic carbocycles. The summed E-state index contributed by atoms with van der Waals surface area (Å²) < 4.78 is 36.8. The molecule has 0 saturated carbocycles. The molecule has 1 rings (SSSR count). The third kappa shape index (κ3) is 3.48. The smallest absolute Gasteiger partial charge is 0.338 e. The summed E-state index contributed by atoms with van der Waals surface area (Å²) in [5, 5.41) is 2.49. The van der Waals surface area contributed by atoms with Gasteiger partial charge in [0.05, 0.1) is 11.6 Å². The van der Waals surface area contributed by atoms with Gasteiger partial charge in [-0.2, -0.15) is 13.2 Å². The monoisotopic (exact) mass is 256 g/mol. The number of amides is 1. The number of rotatable bonds is 3. The molecule has 0 bridgehead atoms. The second-order valence-corrected chi connectivity index (χ2v) is 3.53. The Morgan fingerprint density at radius 3 is 2.61 bits per heavy atom. The standard InChI is InChI=1S/C12H11F3N2O/c1-3-9(4-2)17-11(18)8-5-6-10(16-7-8)12(13,14)15/h1,5-7,9H,4H2,2H3,(H,17,18). The highest BCUT2D eigenvalue weighted by atomic mass is 19.4. The first kappa shape index (κ1) is 14.0. The molecule has 0 fully saturated rings. The van der Waals surface area contributed by atoms with E-state index in [4.69, 9.17) is 6.42 Å². The van der Waals surface area contributed by atoms with Crippen LogP contribution in [-0.2, 0) is 6.18 Å². The van der Waals surface area contributed by atoms with Crippen LogP contribution in [0.1, 0.15) is 29.4 Å². The fourth-order valence-corrected chi connectivity index (χ4v) is 1.20. The van der Waals surface area contributed by atoms with Crippen LogP contribution in [0.15, 0.2) is 18.3 Å². The van der Waals surface area contributed by atoms with Gasteiger partial charge in [-0.25, -0.2) is 0 Å². The van der Waals surface area contributed by atoms with E-state index in [2.05, 4.69) is 16.2 Å². The molecular formula is C12H11F3N2O. The summed E-state index contributed by atoms with van der Waals surface area (Å²) in [7, 11) is 0. The van der Waals surface area contributed by atoms with E-state index < -0.39 is 23.8 Å². The maximum atomic E-state index is 12.3. The van der Waals surface area contributed by atoms with Crippen molar-refractivity contribution >= 4 is 5.91 Å². The number of nitrogens with zero attached hydrogens (tertiary/aromatic N) is 1. The van der Waals surface area contributed by atoms with Gasteiger partial charge in [-0.15, -0.1) is 6.42 Å². The number of nitrogens with one attached hydrogen (secondary N) is 1. The number of hydrogen-bond donors (Lipinski definition) is 1. The third-order valence-electron chi connectivity index (χ3n) is 2.23. The number of hydrogen-bond acceptors (Lipinski definition) is 2. The van der Waals surface area contributed by atoms with E-state index in [-0.39, 0.29) is 5.56 Å². The van der Waals surface area contributed by atoms with Crippen LogP contribution < -0.4 is 5.32 Å². The predicted molar refractivity (Wildman–Crippen MR) is 59.6 cm³/mol. The fourth-order valence-electron chi connectivity index (χ4n) is 1.20. The number of terminal acetylenes is 1. The average Bonchev–Trinajstić information content (AvgIpc) is 2.34. The molecule has 96 valence electrons. The van der Waals surface area contributed by atoms with Gasteiger partial charge < -0.3 is 5.32 Å². The summed E-state index contributed by atoms with van der Waals surface area (Å²) >= 11 is 0. The lowest BCUT2D eigenvalue weighted by molar-refractivity contribution is -0.141. The Kier molecular flexibility index (Phi) is 4.32. The molecule has 3 nitrogen and oxygen atoms in total. The molecule has 1 heterocycles. The Balaban J connectivity index is 2.80. The number of alkyl halides is 3. The zero-order chi connectivity index (χ0) is 13.8. The quantitative estimate of drug-likeness (QED) is 0.843. The molecule has 0 radical (unpaired) electrons. The van der Waals surface area contributed by atoms with Gasteiger partial charge in [-0.1, -0.05) is 12.8 Å². The third-order valence-corrected chi connectivity index (χ3v) is 2.23. The zero-order valence-corrected chi connectivity index (χ0v) is 9.58. The van der Waals surface area contributed by atoms with Crippen molar-refractivity contribution in [2.45, 2.75) is 25.6 Å². The van der Waals surface area contributed by atoms with Crippen molar-refractivity contribution in [3.63, 3.8) is 0 Å². The highest BCUT2D eigenvalue weighted by Crippen LogP contribution is 2.27. The summed E-state index contributed by atoms with van der Waals surface area (Å²) in [6.07, 6.45) is 2.06. The van der Waals surface area contributed by atoms with Crippen LogP contribution in [0.2, 0.25) is 0 Å². The molecule has 0 aliphatic carbocycles. The molecule has 1 atom stereocenters. The van der Waals surface area contributed by atoms with Crippen molar-refractivity contribution in [2.24, 2.45) is 0 Å². The van der Waals surface area contributed by atoms with E-state index >= 15 is 0 Å². The number of aromatic nitrogens is 1. The summed E-state index contributed by atoms with van der Waals surface area (Å²) in [4.78, 5) is 14.8. The van der Waals surface area contributed by atoms with Crippen LogP contribution in [0.4, 0.5) is 13.2 Å². The van der Waals surface area contributed by atoms with Gasteiger partial charge in [0.15, 0.2) is 0 Å². The second-order valence-electron chi connectivity index (χ2n) is 3.53. The number of pyridine rings is 1. The van der Waals surface area contributed by atoms with Crippen molar-refractivity contribution in [2.75, 3.05) is 0 Å². The Bertz CT molecular complexity index is 460. The van der Waals surface area contributed by atoms with Gasteiger partial charge in [0.1, 0.15) is 5.69 Å². The van der Waals surface area contributed by atoms with E-state index in [1.165, 1.54) is 0 Å². The molecule has 0 spiro atoms. The molecule has 1 unspecified atom stereocenters. The zero-order valence-electron chi connectivity index (χ0n) is 9.58. The lowest BCUT2D eigenvalue weighted by Gasteiger charge is -2.11. The first-order valence-electron chi connectivity index (χ1n) is 5.18. The van der Waals surface area contributed by atoms with Crippen LogP contribution in [0.3, 0.4) is 0 Å². The maximum Gasteiger partial charge on any atom is 0.433 e. The van der Waals surface area contributed by atoms with E-state index in [1.54, 1.807) is 6.92 Å². The van der Waals surface area contributed by atoms with Crippen LogP contribution in [0, 0.1) is 12.3 Å². The maximum absolute atomic E-state index is 12.3. The summed E-state index contributed by atoms with van der Waals surface area (Å²) in [6.45, 7) is 1.79. The average molecular weight is 256 g/mol. The van der Waals surface area contributed by atoms with Crippen molar-refractivity contribution in [3.8, 4) is 12.3 Å². The van der Waals surface area contributed by atoms with Crippen LogP contribution in [0.25, 0.3) is 0 Å². The first-order chi connectivity index (χ1) is 8.38. The topological polar surface area (TPSA) is 42.0 Å². The van der Waals surface area contributed by atoms with Gasteiger partial charge in [-0.3, -0.25) is 9.78 Å². The summed E-state index contributed by atoms with van der Waals surface area (Å²) in [5.74, 6) is 1.81. The van der Waals surface area contributed by atoms with Crippen LogP contribution in [0.5, 0.6) is 0 Å². The minimum Gasteiger partial charge on any atom is -0.338 e. The molecule has 1 N–H and O–H groups in total. The van der Waals surface area contributed by atoms with Crippen LogP contribution >= 0.6 is 0 Å². The largest absolute Gasteiger partial charge is 0.433 e. The molecule has 18 heavy (non-hydrogen) atoms. The van der Waals surface area contributed by atoms with Crippen molar-refractivity contribution in [1.29, 1.82) is 0 Å². The molecule has 1 amide bonds. The number of halogens is 3. The molecule has 1 aromatic rings. The fraction of sp³-hybridized carbons (Fsp3) is 0.333. The Morgan fingerprint density at radius 2 is 2.22 bits per heavy atom. The Labute approximate surface area is 102 Å².